The monoisotopic (exact) mass is 546 g/mol. The normalized spacial score (nSPS) is 11.9. The van der Waals surface area contributed by atoms with Gasteiger partial charge < -0.3 is 14.2 Å². The van der Waals surface area contributed by atoms with Crippen molar-refractivity contribution in [2.24, 2.45) is 5.92 Å². The molecule has 3 rings (SSSR count). The molecule has 0 bridgehead atoms. The first-order valence-corrected chi connectivity index (χ1v) is 15.6. The van der Waals surface area contributed by atoms with E-state index in [1.54, 1.807) is 12.1 Å². The van der Waals surface area contributed by atoms with Crippen LogP contribution in [0.25, 0.3) is 10.8 Å². The molecule has 0 aromatic heterocycles. The summed E-state index contributed by atoms with van der Waals surface area (Å²) in [6.07, 6.45) is 15.7. The molecule has 4 heteroatoms. The molecule has 0 N–H and O–H groups in total. The van der Waals surface area contributed by atoms with Gasteiger partial charge in [0.15, 0.2) is 0 Å². The van der Waals surface area contributed by atoms with Gasteiger partial charge in [0.05, 0.1) is 18.8 Å². The molecule has 0 radical (unpaired) electrons. The van der Waals surface area contributed by atoms with Crippen molar-refractivity contribution >= 4 is 16.7 Å². The fourth-order valence-corrected chi connectivity index (χ4v) is 4.66. The summed E-state index contributed by atoms with van der Waals surface area (Å²) in [5.74, 6) is 1.84. The third-order valence-electron chi connectivity index (χ3n) is 7.59. The molecule has 3 aromatic carbocycles. The number of unbranched alkanes of at least 4 members (excludes halogenated alkanes) is 10. The Morgan fingerprint density at radius 2 is 1.23 bits per heavy atom. The summed E-state index contributed by atoms with van der Waals surface area (Å²) in [5.41, 5.74) is 1.57. The molecule has 0 aliphatic rings. The van der Waals surface area contributed by atoms with Crippen LogP contribution in [0, 0.1) is 5.92 Å². The van der Waals surface area contributed by atoms with Gasteiger partial charge in [-0.15, -0.1) is 0 Å². The number of hydrogen-bond donors (Lipinski definition) is 0. The molecule has 0 saturated heterocycles. The van der Waals surface area contributed by atoms with Gasteiger partial charge in [-0.1, -0.05) is 116 Å². The highest BCUT2D eigenvalue weighted by atomic mass is 16.5. The lowest BCUT2D eigenvalue weighted by Crippen LogP contribution is -2.11. The maximum atomic E-state index is 12.2. The van der Waals surface area contributed by atoms with Crippen LogP contribution in [0.3, 0.4) is 0 Å². The predicted octanol–water partition coefficient (Wildman–Crippen LogP) is 10.3. The van der Waals surface area contributed by atoms with Crippen molar-refractivity contribution < 1.29 is 19.0 Å². The second-order valence-electron chi connectivity index (χ2n) is 11.2. The average Bonchev–Trinajstić information content (AvgIpc) is 2.99. The van der Waals surface area contributed by atoms with E-state index in [0.29, 0.717) is 24.7 Å². The fourth-order valence-electron chi connectivity index (χ4n) is 4.66. The van der Waals surface area contributed by atoms with E-state index >= 15 is 0 Å². The van der Waals surface area contributed by atoms with Crippen LogP contribution in [0.15, 0.2) is 60.7 Å². The molecular formula is C36H50O4. The zero-order chi connectivity index (χ0) is 28.4. The van der Waals surface area contributed by atoms with Gasteiger partial charge in [-0.2, -0.15) is 0 Å². The van der Waals surface area contributed by atoms with Gasteiger partial charge in [-0.25, -0.2) is 4.79 Å². The smallest absolute Gasteiger partial charge is 0.338 e. The van der Waals surface area contributed by atoms with Crippen LogP contribution in [0.2, 0.25) is 0 Å². The Morgan fingerprint density at radius 1 is 0.675 bits per heavy atom. The third-order valence-corrected chi connectivity index (χ3v) is 7.59. The second kappa shape index (κ2) is 18.4. The number of ether oxygens (including phenoxy) is 3. The molecule has 0 aliphatic heterocycles. The largest absolute Gasteiger partial charge is 0.494 e. The Balaban J connectivity index is 1.34. The van der Waals surface area contributed by atoms with Crippen LogP contribution in [0.5, 0.6) is 11.5 Å². The standard InChI is InChI=1S/C36H50O4/c1-4-6-7-8-9-10-11-12-13-14-15-24-38-34-22-20-33-26-35(23-21-32(33)25-34)39-28-30-16-18-31(19-17-30)36(37)40-27-29(3)5-2/h16-23,25-26,29H,4-15,24,27-28H2,1-3H3/t29-/m1/s1. The Labute approximate surface area is 242 Å². The van der Waals surface area contributed by atoms with Gasteiger partial charge in [0.2, 0.25) is 0 Å². The number of hydrogen-bond acceptors (Lipinski definition) is 4. The number of carbonyl (C=O) groups excluding carboxylic acids is 1. The van der Waals surface area contributed by atoms with Gasteiger partial charge in [0, 0.05) is 0 Å². The van der Waals surface area contributed by atoms with E-state index in [-0.39, 0.29) is 5.97 Å². The van der Waals surface area contributed by atoms with E-state index in [0.717, 1.165) is 47.3 Å². The summed E-state index contributed by atoms with van der Waals surface area (Å²) >= 11 is 0. The van der Waals surface area contributed by atoms with E-state index in [9.17, 15) is 4.79 Å². The summed E-state index contributed by atoms with van der Waals surface area (Å²) in [4.78, 5) is 12.2. The minimum Gasteiger partial charge on any atom is -0.494 e. The molecule has 0 amide bonds. The molecule has 40 heavy (non-hydrogen) atoms. The predicted molar refractivity (Wildman–Crippen MR) is 166 cm³/mol. The first kappa shape index (κ1) is 31.5. The Hall–Kier alpha value is -3.01. The lowest BCUT2D eigenvalue weighted by Gasteiger charge is -2.11. The zero-order valence-corrected chi connectivity index (χ0v) is 25.1. The van der Waals surface area contributed by atoms with Crippen molar-refractivity contribution in [2.45, 2.75) is 104 Å². The highest BCUT2D eigenvalue weighted by Crippen LogP contribution is 2.26. The van der Waals surface area contributed by atoms with E-state index in [1.165, 1.54) is 64.2 Å². The van der Waals surface area contributed by atoms with Crippen molar-refractivity contribution in [1.82, 2.24) is 0 Å². The van der Waals surface area contributed by atoms with Crippen LogP contribution in [0.4, 0.5) is 0 Å². The number of carbonyl (C=O) groups is 1. The molecule has 0 heterocycles. The molecule has 0 spiro atoms. The van der Waals surface area contributed by atoms with Crippen LogP contribution in [-0.2, 0) is 11.3 Å². The molecule has 0 fully saturated rings. The molecule has 218 valence electrons. The molecule has 0 aliphatic carbocycles. The third kappa shape index (κ3) is 11.6. The quantitative estimate of drug-likeness (QED) is 0.104. The molecule has 3 aromatic rings. The zero-order valence-electron chi connectivity index (χ0n) is 25.1. The summed E-state index contributed by atoms with van der Waals surface area (Å²) in [6, 6.07) is 19.8. The Kier molecular flexibility index (Phi) is 14.5. The maximum Gasteiger partial charge on any atom is 0.338 e. The number of fused-ring (bicyclic) bond motifs is 1. The van der Waals surface area contributed by atoms with Gasteiger partial charge in [0.25, 0.3) is 0 Å². The molecule has 4 nitrogen and oxygen atoms in total. The van der Waals surface area contributed by atoms with Crippen LogP contribution in [-0.4, -0.2) is 19.2 Å². The summed E-state index contributed by atoms with van der Waals surface area (Å²) in [6.45, 7) is 8.11. The Morgan fingerprint density at radius 3 is 1.80 bits per heavy atom. The summed E-state index contributed by atoms with van der Waals surface area (Å²) in [7, 11) is 0. The molecule has 0 saturated carbocycles. The van der Waals surface area contributed by atoms with Crippen molar-refractivity contribution in [3.63, 3.8) is 0 Å². The van der Waals surface area contributed by atoms with Gasteiger partial charge >= 0.3 is 5.97 Å². The van der Waals surface area contributed by atoms with Crippen molar-refractivity contribution in [3.05, 3.63) is 71.8 Å². The molecule has 1 atom stereocenters. The number of esters is 1. The van der Waals surface area contributed by atoms with E-state index < -0.39 is 0 Å². The van der Waals surface area contributed by atoms with Crippen molar-refractivity contribution in [2.75, 3.05) is 13.2 Å². The minimum atomic E-state index is -0.274. The van der Waals surface area contributed by atoms with Gasteiger partial charge in [0.1, 0.15) is 18.1 Å². The summed E-state index contributed by atoms with van der Waals surface area (Å²) < 4.78 is 17.4. The highest BCUT2D eigenvalue weighted by Gasteiger charge is 2.09. The van der Waals surface area contributed by atoms with Crippen LogP contribution >= 0.6 is 0 Å². The van der Waals surface area contributed by atoms with E-state index in [2.05, 4.69) is 45.0 Å². The number of benzene rings is 3. The SMILES string of the molecule is CCCCCCCCCCCCCOc1ccc2cc(OCc3ccc(C(=O)OC[C@H](C)CC)cc3)ccc2c1. The first-order chi connectivity index (χ1) is 19.6. The van der Waals surface area contributed by atoms with Gasteiger partial charge in [-0.05, 0) is 65.1 Å². The second-order valence-corrected chi connectivity index (χ2v) is 11.2. The number of rotatable bonds is 20. The first-order valence-electron chi connectivity index (χ1n) is 15.6. The Bertz CT molecular complexity index is 1120. The molecule has 0 unspecified atom stereocenters. The lowest BCUT2D eigenvalue weighted by atomic mass is 10.1. The summed E-state index contributed by atoms with van der Waals surface area (Å²) in [5, 5.41) is 2.27. The lowest BCUT2D eigenvalue weighted by molar-refractivity contribution is 0.0447. The fraction of sp³-hybridized carbons (Fsp3) is 0.528. The van der Waals surface area contributed by atoms with Crippen molar-refractivity contribution in [3.8, 4) is 11.5 Å². The topological polar surface area (TPSA) is 44.8 Å². The van der Waals surface area contributed by atoms with Crippen LogP contribution in [0.1, 0.15) is 114 Å². The average molecular weight is 547 g/mol. The van der Waals surface area contributed by atoms with Crippen LogP contribution < -0.4 is 9.47 Å². The minimum absolute atomic E-state index is 0.274. The molecular weight excluding hydrogens is 496 g/mol. The van der Waals surface area contributed by atoms with Gasteiger partial charge in [-0.3, -0.25) is 0 Å². The van der Waals surface area contributed by atoms with E-state index in [4.69, 9.17) is 14.2 Å². The van der Waals surface area contributed by atoms with Crippen molar-refractivity contribution in [1.29, 1.82) is 0 Å². The maximum absolute atomic E-state index is 12.2. The van der Waals surface area contributed by atoms with E-state index in [1.807, 2.05) is 24.3 Å². The highest BCUT2D eigenvalue weighted by molar-refractivity contribution is 5.89.